The molecule has 3 aromatic rings. The summed E-state index contributed by atoms with van der Waals surface area (Å²) < 4.78 is 87.1. The van der Waals surface area contributed by atoms with Crippen LogP contribution in [0.3, 0.4) is 0 Å². The Hall–Kier alpha value is -3.86. The maximum atomic E-state index is 14.2. The largest absolute Gasteiger partial charge is 0.492 e. The molecule has 0 amide bonds. The first-order valence-electron chi connectivity index (χ1n) is 14.5. The number of carboxylic acid groups (broad SMARTS) is 1. The summed E-state index contributed by atoms with van der Waals surface area (Å²) in [6.07, 6.45) is -5.39. The molecular weight excluding hydrogens is 587 g/mol. The van der Waals surface area contributed by atoms with Crippen molar-refractivity contribution in [3.8, 4) is 28.4 Å². The summed E-state index contributed by atoms with van der Waals surface area (Å²) in [6.45, 7) is 0.0640. The van der Waals surface area contributed by atoms with E-state index in [-0.39, 0.29) is 44.0 Å². The molecule has 1 fully saturated rings. The molecule has 3 aromatic carbocycles. The Morgan fingerprint density at radius 1 is 0.955 bits per heavy atom. The fourth-order valence-corrected chi connectivity index (χ4v) is 6.39. The molecule has 0 radical (unpaired) electrons. The molecule has 0 saturated heterocycles. The van der Waals surface area contributed by atoms with Gasteiger partial charge in [-0.2, -0.15) is 13.2 Å². The van der Waals surface area contributed by atoms with Gasteiger partial charge in [-0.3, -0.25) is 4.79 Å². The van der Waals surface area contributed by atoms with Crippen LogP contribution in [0.4, 0.5) is 22.0 Å². The maximum Gasteiger partial charge on any atom is 0.417 e. The van der Waals surface area contributed by atoms with Gasteiger partial charge in [-0.25, -0.2) is 8.78 Å². The summed E-state index contributed by atoms with van der Waals surface area (Å²) in [5, 5.41) is 19.8. The lowest BCUT2D eigenvalue weighted by atomic mass is 9.83. The Morgan fingerprint density at radius 2 is 1.64 bits per heavy atom. The van der Waals surface area contributed by atoms with Crippen molar-refractivity contribution >= 4 is 5.97 Å². The van der Waals surface area contributed by atoms with Gasteiger partial charge in [0.25, 0.3) is 0 Å². The number of carbonyl (C=O) groups is 1. The van der Waals surface area contributed by atoms with Crippen molar-refractivity contribution in [3.05, 3.63) is 76.9 Å². The van der Waals surface area contributed by atoms with Gasteiger partial charge in [0.2, 0.25) is 5.92 Å². The minimum absolute atomic E-state index is 0.0513. The van der Waals surface area contributed by atoms with Crippen LogP contribution in [-0.2, 0) is 17.4 Å². The smallest absolute Gasteiger partial charge is 0.417 e. The summed E-state index contributed by atoms with van der Waals surface area (Å²) in [4.78, 5) is 11.1. The van der Waals surface area contributed by atoms with E-state index in [1.807, 2.05) is 0 Å². The molecule has 234 valence electrons. The molecule has 2 atom stereocenters. The second kappa shape index (κ2) is 11.3. The first-order valence-corrected chi connectivity index (χ1v) is 14.5. The average Bonchev–Trinajstić information content (AvgIpc) is 3.56. The Kier molecular flexibility index (Phi) is 7.72. The molecule has 44 heavy (non-hydrogen) atoms. The first kappa shape index (κ1) is 30.2. The van der Waals surface area contributed by atoms with Gasteiger partial charge in [0, 0.05) is 30.4 Å². The number of benzene rings is 3. The van der Waals surface area contributed by atoms with Crippen LogP contribution in [0, 0.1) is 0 Å². The Balaban J connectivity index is 1.21. The molecule has 1 saturated carbocycles. The van der Waals surface area contributed by atoms with Crippen LogP contribution in [0.2, 0.25) is 0 Å². The summed E-state index contributed by atoms with van der Waals surface area (Å²) in [7, 11) is 0. The minimum Gasteiger partial charge on any atom is -0.492 e. The van der Waals surface area contributed by atoms with E-state index in [0.717, 1.165) is 11.6 Å². The molecule has 6 nitrogen and oxygen atoms in total. The van der Waals surface area contributed by atoms with Gasteiger partial charge in [0.05, 0.1) is 24.2 Å². The van der Waals surface area contributed by atoms with Crippen LogP contribution in [0.5, 0.6) is 17.2 Å². The van der Waals surface area contributed by atoms with E-state index >= 15 is 0 Å². The Labute approximate surface area is 250 Å². The lowest BCUT2D eigenvalue weighted by molar-refractivity contribution is -0.138. The van der Waals surface area contributed by atoms with Crippen LogP contribution in [-0.4, -0.2) is 40.9 Å². The molecule has 11 heteroatoms. The van der Waals surface area contributed by atoms with Gasteiger partial charge in [-0.05, 0) is 72.2 Å². The van der Waals surface area contributed by atoms with Gasteiger partial charge < -0.3 is 24.4 Å². The topological polar surface area (TPSA) is 85.2 Å². The van der Waals surface area contributed by atoms with Crippen LogP contribution < -0.4 is 14.2 Å². The fraction of sp³-hybridized carbons (Fsp3) is 0.424. The predicted molar refractivity (Wildman–Crippen MR) is 149 cm³/mol. The lowest BCUT2D eigenvalue weighted by Gasteiger charge is -2.35. The maximum absolute atomic E-state index is 14.2. The third-order valence-electron chi connectivity index (χ3n) is 8.78. The van der Waals surface area contributed by atoms with E-state index in [4.69, 9.17) is 19.3 Å². The van der Waals surface area contributed by atoms with E-state index in [2.05, 4.69) is 0 Å². The van der Waals surface area contributed by atoms with E-state index < -0.39 is 48.2 Å². The lowest BCUT2D eigenvalue weighted by Crippen LogP contribution is -2.43. The van der Waals surface area contributed by atoms with Gasteiger partial charge in [-0.1, -0.05) is 24.3 Å². The third-order valence-corrected chi connectivity index (χ3v) is 8.78. The minimum atomic E-state index is -4.60. The number of rotatable bonds is 8. The van der Waals surface area contributed by atoms with Crippen LogP contribution in [0.25, 0.3) is 11.1 Å². The number of hydrogen-bond donors (Lipinski definition) is 2. The van der Waals surface area contributed by atoms with Gasteiger partial charge in [-0.15, -0.1) is 0 Å². The zero-order valence-corrected chi connectivity index (χ0v) is 23.6. The van der Waals surface area contributed by atoms with Crippen molar-refractivity contribution < 1.29 is 51.2 Å². The van der Waals surface area contributed by atoms with Crippen molar-refractivity contribution in [1.82, 2.24) is 0 Å². The summed E-state index contributed by atoms with van der Waals surface area (Å²) in [5.41, 5.74) is 0.223. The van der Waals surface area contributed by atoms with Gasteiger partial charge >= 0.3 is 12.1 Å². The van der Waals surface area contributed by atoms with Crippen molar-refractivity contribution in [2.24, 2.45) is 0 Å². The van der Waals surface area contributed by atoms with Crippen LogP contribution in [0.1, 0.15) is 72.8 Å². The number of hydrogen-bond acceptors (Lipinski definition) is 5. The van der Waals surface area contributed by atoms with Crippen molar-refractivity contribution in [2.45, 2.75) is 74.7 Å². The monoisotopic (exact) mass is 618 g/mol. The number of aliphatic carboxylic acids is 1. The molecule has 0 spiro atoms. The number of fused-ring (bicyclic) bond motifs is 2. The highest BCUT2D eigenvalue weighted by Gasteiger charge is 2.43. The highest BCUT2D eigenvalue weighted by atomic mass is 19.4. The number of aliphatic hydroxyl groups is 1. The van der Waals surface area contributed by atoms with E-state index in [0.29, 0.717) is 46.8 Å². The van der Waals surface area contributed by atoms with E-state index in [1.165, 1.54) is 30.3 Å². The number of carboxylic acids is 1. The number of ether oxygens (including phenoxy) is 3. The second-order valence-corrected chi connectivity index (χ2v) is 11.9. The van der Waals surface area contributed by atoms with E-state index in [9.17, 15) is 31.9 Å². The Bertz CT molecular complexity index is 1540. The molecule has 1 aliphatic heterocycles. The zero-order valence-electron chi connectivity index (χ0n) is 23.6. The Morgan fingerprint density at radius 3 is 2.32 bits per heavy atom. The van der Waals surface area contributed by atoms with Crippen molar-refractivity contribution in [3.63, 3.8) is 0 Å². The summed E-state index contributed by atoms with van der Waals surface area (Å²) in [6, 6.07) is 13.8. The quantitative estimate of drug-likeness (QED) is 0.252. The molecular formula is C33H31F5O6. The third kappa shape index (κ3) is 6.20. The van der Waals surface area contributed by atoms with Crippen LogP contribution in [0.15, 0.2) is 54.6 Å². The first-order chi connectivity index (χ1) is 20.8. The zero-order chi connectivity index (χ0) is 31.3. The fourth-order valence-electron chi connectivity index (χ4n) is 6.39. The molecule has 1 heterocycles. The molecule has 2 aliphatic carbocycles. The SMILES string of the molecule is O=C(O)CC1COc2cc(OC3CCc4c3ccc(C(F)(F)F)c4-c3ccc(OCC4(O)CCC(F)(F)CC4)cc3)ccc21. The van der Waals surface area contributed by atoms with Crippen molar-refractivity contribution in [2.75, 3.05) is 13.2 Å². The van der Waals surface area contributed by atoms with Gasteiger partial charge in [0.15, 0.2) is 0 Å². The summed E-state index contributed by atoms with van der Waals surface area (Å²) >= 11 is 0. The molecule has 2 N–H and O–H groups in total. The molecule has 0 bridgehead atoms. The number of halogens is 5. The normalized spacial score (nSPS) is 21.7. The van der Waals surface area contributed by atoms with E-state index in [1.54, 1.807) is 18.2 Å². The molecule has 3 aliphatic rings. The highest BCUT2D eigenvalue weighted by Crippen LogP contribution is 2.47. The standard InChI is InChI=1S/C33H31F5O6/c34-32(35)13-11-31(41,12-14-32)18-43-21-3-1-19(2-4-21)30-25-8-10-27(24(25)7-9-26(30)33(36,37)38)44-22-5-6-23-20(15-29(39)40)17-42-28(23)16-22/h1-7,9,16,20,27,41H,8,10-15,17-18H2,(H,39,40). The molecule has 2 unspecified atom stereocenters. The molecule has 6 rings (SSSR count). The van der Waals surface area contributed by atoms with Crippen LogP contribution >= 0.6 is 0 Å². The average molecular weight is 619 g/mol. The van der Waals surface area contributed by atoms with Gasteiger partial charge in [0.1, 0.15) is 30.0 Å². The molecule has 0 aromatic heterocycles. The number of alkyl halides is 5. The van der Waals surface area contributed by atoms with Crippen molar-refractivity contribution in [1.29, 1.82) is 0 Å². The summed E-state index contributed by atoms with van der Waals surface area (Å²) in [5.74, 6) is -2.65. The highest BCUT2D eigenvalue weighted by molar-refractivity contribution is 5.75. The second-order valence-electron chi connectivity index (χ2n) is 11.9. The predicted octanol–water partition coefficient (Wildman–Crippen LogP) is 7.71.